The van der Waals surface area contributed by atoms with E-state index in [1.807, 2.05) is 0 Å². The molecule has 2 N–H and O–H groups in total. The lowest BCUT2D eigenvalue weighted by atomic mass is 10.3. The van der Waals surface area contributed by atoms with E-state index < -0.39 is 49.4 Å². The predicted molar refractivity (Wildman–Crippen MR) is 214 cm³/mol. The van der Waals surface area contributed by atoms with Gasteiger partial charge in [0, 0.05) is 24.3 Å². The fourth-order valence-electron chi connectivity index (χ4n) is 4.25. The maximum Gasteiger partial charge on any atom is 0.513 e. The molecular weight excluding hydrogens is 845 g/mol. The molecule has 0 saturated carbocycles. The number of para-hydroxylation sites is 2. The van der Waals surface area contributed by atoms with Crippen molar-refractivity contribution >= 4 is 62.0 Å². The van der Waals surface area contributed by atoms with Crippen molar-refractivity contribution in [1.82, 2.24) is 10.2 Å². The summed E-state index contributed by atoms with van der Waals surface area (Å²) in [7, 11) is -8.37. The molecule has 4 aromatic carbocycles. The molecule has 0 spiro atoms. The monoisotopic (exact) mass is 884 g/mol. The lowest BCUT2D eigenvalue weighted by Gasteiger charge is -2.23. The quantitative estimate of drug-likeness (QED) is 0.0410. The molecule has 312 valence electrons. The van der Waals surface area contributed by atoms with Crippen molar-refractivity contribution < 1.29 is 56.1 Å². The van der Waals surface area contributed by atoms with Crippen LogP contribution in [0.2, 0.25) is 10.0 Å². The molecule has 0 aliphatic rings. The fraction of sp³-hybridized carbons (Fsp3) is 0.278. The van der Waals surface area contributed by atoms with E-state index in [2.05, 4.69) is 10.2 Å². The zero-order valence-corrected chi connectivity index (χ0v) is 35.1. The number of carbonyl (C=O) groups is 2. The summed E-state index contributed by atoms with van der Waals surface area (Å²) >= 11 is 12.0. The number of esters is 2. The summed E-state index contributed by atoms with van der Waals surface area (Å²) in [5.74, 6) is -1.12. The Labute approximate surface area is 343 Å². The minimum Gasteiger partial charge on any atom is -0.462 e. The molecule has 0 aromatic heterocycles. The van der Waals surface area contributed by atoms with Crippen molar-refractivity contribution in [1.29, 1.82) is 0 Å². The maximum atomic E-state index is 13.4. The Hall–Kier alpha value is -5.22. The molecule has 0 bridgehead atoms. The second-order valence-electron chi connectivity index (χ2n) is 12.4. The number of non-ortho nitro benzene ring substituents is 2. The lowest BCUT2D eigenvalue weighted by molar-refractivity contribution is -0.385. The van der Waals surface area contributed by atoms with Crippen LogP contribution in [0.15, 0.2) is 97.1 Å². The Morgan fingerprint density at radius 1 is 0.569 bits per heavy atom. The van der Waals surface area contributed by atoms with Gasteiger partial charge in [-0.25, -0.2) is 9.13 Å². The number of hydrogen-bond donors (Lipinski definition) is 2. The van der Waals surface area contributed by atoms with Crippen molar-refractivity contribution in [2.45, 2.75) is 65.8 Å². The number of nitro benzene ring substituents is 2. The van der Waals surface area contributed by atoms with Gasteiger partial charge in [0.2, 0.25) is 0 Å². The minimum atomic E-state index is -4.19. The number of ether oxygens (including phenoxy) is 2. The van der Waals surface area contributed by atoms with E-state index in [1.165, 1.54) is 26.0 Å². The third-order valence-corrected chi connectivity index (χ3v) is 10.5. The number of rotatable bonds is 18. The maximum absolute atomic E-state index is 13.4. The average molecular weight is 886 g/mol. The van der Waals surface area contributed by atoms with Gasteiger partial charge in [-0.05, 0) is 77.9 Å². The Kier molecular flexibility index (Phi) is 17.5. The third-order valence-electron chi connectivity index (χ3n) is 6.74. The molecule has 0 radical (unpaired) electrons. The van der Waals surface area contributed by atoms with Crippen LogP contribution in [0.1, 0.15) is 41.5 Å². The first-order chi connectivity index (χ1) is 27.2. The van der Waals surface area contributed by atoms with E-state index in [0.29, 0.717) is 0 Å². The molecule has 4 atom stereocenters. The summed E-state index contributed by atoms with van der Waals surface area (Å²) in [4.78, 5) is 44.7. The van der Waals surface area contributed by atoms with E-state index in [4.69, 9.17) is 50.8 Å². The first-order valence-corrected chi connectivity index (χ1v) is 21.0. The average Bonchev–Trinajstić information content (AvgIpc) is 3.13. The van der Waals surface area contributed by atoms with E-state index >= 15 is 0 Å². The van der Waals surface area contributed by atoms with Gasteiger partial charge in [0.1, 0.15) is 23.6 Å². The lowest BCUT2D eigenvalue weighted by Crippen LogP contribution is -2.36. The summed E-state index contributed by atoms with van der Waals surface area (Å²) in [6, 6.07) is 21.0. The summed E-state index contributed by atoms with van der Waals surface area (Å²) in [6.07, 6.45) is -0.738. The fourth-order valence-corrected chi connectivity index (χ4v) is 7.86. The van der Waals surface area contributed by atoms with E-state index in [-0.39, 0.29) is 56.6 Å². The Morgan fingerprint density at radius 2 is 0.897 bits per heavy atom. The van der Waals surface area contributed by atoms with Crippen molar-refractivity contribution in [2.75, 3.05) is 0 Å². The molecule has 0 aliphatic heterocycles. The number of nitro groups is 2. The van der Waals surface area contributed by atoms with Crippen molar-refractivity contribution in [2.24, 2.45) is 0 Å². The number of hydrogen-bond acceptors (Lipinski definition) is 14. The highest BCUT2D eigenvalue weighted by Crippen LogP contribution is 2.49. The highest BCUT2D eigenvalue weighted by Gasteiger charge is 2.36. The number of carbonyl (C=O) groups excluding carboxylic acids is 2. The number of nitrogens with one attached hydrogen (secondary N) is 2. The summed E-state index contributed by atoms with van der Waals surface area (Å²) in [5.41, 5.74) is -0.522. The topological polar surface area (TPSA) is 234 Å². The standard InChI is InChI=1S/2C18H20ClN2O7P/c2*1-12(2)26-18(22)13(3)20-29(25,27-15-7-5-4-6-8-15)28-17-10-9-14(21(23)24)11-16(17)19/h2*4-13H,1-3H3,(H,20,25)/t13-,29+;13-,29-/m00/s1. The number of halogens is 2. The molecule has 0 saturated heterocycles. The van der Waals surface area contributed by atoms with E-state index in [9.17, 15) is 38.9 Å². The van der Waals surface area contributed by atoms with Gasteiger partial charge in [0.25, 0.3) is 11.4 Å². The molecule has 0 unspecified atom stereocenters. The molecule has 18 nitrogen and oxygen atoms in total. The van der Waals surface area contributed by atoms with Crippen LogP contribution in [-0.4, -0.2) is 46.1 Å². The van der Waals surface area contributed by atoms with E-state index in [0.717, 1.165) is 24.3 Å². The van der Waals surface area contributed by atoms with Gasteiger partial charge in [-0.1, -0.05) is 59.6 Å². The summed E-state index contributed by atoms with van der Waals surface area (Å²) < 4.78 is 58.8. The first-order valence-electron chi connectivity index (χ1n) is 17.1. The largest absolute Gasteiger partial charge is 0.513 e. The second-order valence-corrected chi connectivity index (χ2v) is 16.5. The second kappa shape index (κ2) is 21.5. The van der Waals surface area contributed by atoms with Gasteiger partial charge in [-0.2, -0.15) is 10.2 Å². The van der Waals surface area contributed by atoms with Gasteiger partial charge < -0.3 is 27.6 Å². The Bertz CT molecular complexity index is 2000. The SMILES string of the molecule is CC(C)OC(=O)[C@H](C)N[P@@](=O)(Oc1ccccc1)Oc1ccc([N+](=O)[O-])cc1Cl.CC(C)OC(=O)[C@H](C)N[P@](=O)(Oc1ccccc1)Oc1ccc([N+](=O)[O-])cc1Cl. The van der Waals surface area contributed by atoms with Crippen molar-refractivity contribution in [3.8, 4) is 23.0 Å². The summed E-state index contributed by atoms with van der Waals surface area (Å²) in [6.45, 7) is 9.59. The van der Waals surface area contributed by atoms with Gasteiger partial charge in [-0.15, -0.1) is 0 Å². The first kappa shape index (κ1) is 47.2. The molecule has 0 amide bonds. The van der Waals surface area contributed by atoms with Crippen LogP contribution in [-0.2, 0) is 28.2 Å². The predicted octanol–water partition coefficient (Wildman–Crippen LogP) is 9.49. The molecule has 22 heteroatoms. The zero-order chi connectivity index (χ0) is 43.2. The van der Waals surface area contributed by atoms with Gasteiger partial charge >= 0.3 is 27.4 Å². The normalized spacial score (nSPS) is 14.0. The number of nitrogens with zero attached hydrogens (tertiary/aromatic N) is 2. The number of benzene rings is 4. The molecule has 58 heavy (non-hydrogen) atoms. The zero-order valence-electron chi connectivity index (χ0n) is 31.8. The molecule has 0 aliphatic carbocycles. The Morgan fingerprint density at radius 3 is 1.17 bits per heavy atom. The highest BCUT2D eigenvalue weighted by molar-refractivity contribution is 7.52. The molecular formula is C36H40Cl2N4O14P2. The minimum absolute atomic E-state index is 0.117. The Balaban J connectivity index is 0.000000310. The van der Waals surface area contributed by atoms with Crippen molar-refractivity contribution in [3.63, 3.8) is 0 Å². The molecule has 0 heterocycles. The van der Waals surface area contributed by atoms with Gasteiger partial charge in [0.05, 0.1) is 32.1 Å². The summed E-state index contributed by atoms with van der Waals surface area (Å²) in [5, 5.41) is 26.4. The van der Waals surface area contributed by atoms with Crippen LogP contribution in [0.3, 0.4) is 0 Å². The molecule has 0 fully saturated rings. The van der Waals surface area contributed by atoms with Crippen LogP contribution in [0.5, 0.6) is 23.0 Å². The van der Waals surface area contributed by atoms with Crippen LogP contribution in [0.25, 0.3) is 0 Å². The van der Waals surface area contributed by atoms with Crippen LogP contribution in [0.4, 0.5) is 11.4 Å². The van der Waals surface area contributed by atoms with Crippen molar-refractivity contribution in [3.05, 3.63) is 127 Å². The van der Waals surface area contributed by atoms with E-state index in [1.54, 1.807) is 88.4 Å². The van der Waals surface area contributed by atoms with Gasteiger partial charge in [-0.3, -0.25) is 29.8 Å². The molecule has 4 rings (SSSR count). The third kappa shape index (κ3) is 15.3. The molecule has 4 aromatic rings. The van der Waals surface area contributed by atoms with Gasteiger partial charge in [0.15, 0.2) is 11.5 Å². The highest BCUT2D eigenvalue weighted by atomic mass is 35.5. The van der Waals surface area contributed by atoms with Crippen LogP contribution in [0, 0.1) is 20.2 Å². The smallest absolute Gasteiger partial charge is 0.462 e. The van der Waals surface area contributed by atoms with Crippen LogP contribution < -0.4 is 28.3 Å². The van der Waals surface area contributed by atoms with Crippen LogP contribution >= 0.6 is 38.7 Å².